The first-order valence-electron chi connectivity index (χ1n) is 4.95. The highest BCUT2D eigenvalue weighted by atomic mass is 16.5. The lowest BCUT2D eigenvalue weighted by Crippen LogP contribution is -2.36. The van der Waals surface area contributed by atoms with Gasteiger partial charge in [0, 0.05) is 12.6 Å². The number of esters is 1. The number of nitrogens with zero attached hydrogens (tertiary/aromatic N) is 2. The van der Waals surface area contributed by atoms with E-state index in [0.29, 0.717) is 6.54 Å². The fourth-order valence-corrected chi connectivity index (χ4v) is 1.23. The van der Waals surface area contributed by atoms with Gasteiger partial charge in [-0.25, -0.2) is 0 Å². The van der Waals surface area contributed by atoms with Crippen LogP contribution in [0.1, 0.15) is 23.8 Å². The second-order valence-electron chi connectivity index (χ2n) is 3.19. The molecule has 6 heteroatoms. The molecule has 0 unspecified atom stereocenters. The number of hydrogen-bond acceptors (Lipinski definition) is 5. The number of ether oxygens (including phenoxy) is 1. The zero-order valence-corrected chi connectivity index (χ0v) is 9.30. The van der Waals surface area contributed by atoms with Gasteiger partial charge in [-0.1, -0.05) is 12.1 Å². The summed E-state index contributed by atoms with van der Waals surface area (Å²) in [5, 5.41) is 3.53. The number of carbonyl (C=O) groups excluding carboxylic acids is 2. The summed E-state index contributed by atoms with van der Waals surface area (Å²) in [6.45, 7) is 2.32. The summed E-state index contributed by atoms with van der Waals surface area (Å²) >= 11 is 0. The summed E-state index contributed by atoms with van der Waals surface area (Å²) in [6.07, 6.45) is 2.07. The van der Waals surface area contributed by atoms with Crippen LogP contribution in [0.5, 0.6) is 0 Å². The molecule has 88 valence electrons. The van der Waals surface area contributed by atoms with Gasteiger partial charge in [0.1, 0.15) is 12.8 Å². The average molecular weight is 226 g/mol. The monoisotopic (exact) mass is 226 g/mol. The summed E-state index contributed by atoms with van der Waals surface area (Å²) in [5.74, 6) is -0.786. The topological polar surface area (TPSA) is 72.6 Å². The van der Waals surface area contributed by atoms with Crippen LogP contribution in [0.15, 0.2) is 16.9 Å². The van der Waals surface area contributed by atoms with Crippen LogP contribution in [0, 0.1) is 0 Å². The van der Waals surface area contributed by atoms with Gasteiger partial charge >= 0.3 is 5.97 Å². The van der Waals surface area contributed by atoms with Crippen molar-refractivity contribution in [3.63, 3.8) is 0 Å². The maximum Gasteiger partial charge on any atom is 0.325 e. The Balaban J connectivity index is 2.69. The smallest absolute Gasteiger partial charge is 0.325 e. The molecule has 1 heterocycles. The third-order valence-corrected chi connectivity index (χ3v) is 1.99. The van der Waals surface area contributed by atoms with Gasteiger partial charge in [-0.15, -0.1) is 0 Å². The van der Waals surface area contributed by atoms with E-state index in [0.717, 1.165) is 6.42 Å². The van der Waals surface area contributed by atoms with Crippen molar-refractivity contribution in [2.45, 2.75) is 13.3 Å². The molecule has 0 bridgehead atoms. The normalized spacial score (nSPS) is 9.88. The summed E-state index contributed by atoms with van der Waals surface area (Å²) in [7, 11) is 1.28. The Morgan fingerprint density at radius 3 is 2.81 bits per heavy atom. The molecule has 0 saturated carbocycles. The average Bonchev–Trinajstić information content (AvgIpc) is 2.80. The molecule has 16 heavy (non-hydrogen) atoms. The van der Waals surface area contributed by atoms with Crippen LogP contribution >= 0.6 is 0 Å². The zero-order valence-electron chi connectivity index (χ0n) is 9.30. The molecule has 1 rings (SSSR count). The number of aromatic nitrogens is 1. The molecule has 0 N–H and O–H groups in total. The van der Waals surface area contributed by atoms with Crippen LogP contribution in [0.2, 0.25) is 0 Å². The SMILES string of the molecule is CCCN(CC(=O)OC)C(=O)c1ccon1. The van der Waals surface area contributed by atoms with Crippen LogP contribution in [0.3, 0.4) is 0 Å². The van der Waals surface area contributed by atoms with E-state index in [9.17, 15) is 9.59 Å². The Bertz CT molecular complexity index is 348. The quantitative estimate of drug-likeness (QED) is 0.691. The van der Waals surface area contributed by atoms with E-state index in [2.05, 4.69) is 14.4 Å². The molecule has 0 radical (unpaired) electrons. The van der Waals surface area contributed by atoms with E-state index in [1.807, 2.05) is 6.92 Å². The minimum absolute atomic E-state index is 0.0734. The Labute approximate surface area is 93.1 Å². The third kappa shape index (κ3) is 3.08. The molecule has 0 saturated heterocycles. The van der Waals surface area contributed by atoms with Crippen molar-refractivity contribution >= 4 is 11.9 Å². The molecule has 6 nitrogen and oxygen atoms in total. The molecule has 0 aliphatic heterocycles. The second-order valence-corrected chi connectivity index (χ2v) is 3.19. The van der Waals surface area contributed by atoms with Crippen molar-refractivity contribution in [1.29, 1.82) is 0 Å². The first kappa shape index (κ1) is 12.2. The van der Waals surface area contributed by atoms with Crippen LogP contribution in [0.25, 0.3) is 0 Å². The van der Waals surface area contributed by atoms with Crippen molar-refractivity contribution in [3.8, 4) is 0 Å². The molecule has 0 aromatic carbocycles. The number of methoxy groups -OCH3 is 1. The van der Waals surface area contributed by atoms with E-state index in [1.54, 1.807) is 0 Å². The molecule has 0 aliphatic carbocycles. The Morgan fingerprint density at radius 2 is 2.31 bits per heavy atom. The predicted octanol–water partition coefficient (Wildman–Crippen LogP) is 0.700. The molecule has 0 fully saturated rings. The first-order valence-corrected chi connectivity index (χ1v) is 4.95. The van der Waals surface area contributed by atoms with Gasteiger partial charge in [0.15, 0.2) is 5.69 Å². The number of carbonyl (C=O) groups is 2. The molecule has 1 aromatic rings. The van der Waals surface area contributed by atoms with Gasteiger partial charge < -0.3 is 14.2 Å². The summed E-state index contributed by atoms with van der Waals surface area (Å²) in [5.41, 5.74) is 0.192. The van der Waals surface area contributed by atoms with Gasteiger partial charge in [-0.2, -0.15) is 0 Å². The minimum Gasteiger partial charge on any atom is -0.468 e. The van der Waals surface area contributed by atoms with Gasteiger partial charge in [-0.05, 0) is 6.42 Å². The van der Waals surface area contributed by atoms with E-state index in [1.165, 1.54) is 24.3 Å². The molecule has 0 atom stereocenters. The third-order valence-electron chi connectivity index (χ3n) is 1.99. The van der Waals surface area contributed by atoms with Gasteiger partial charge in [-0.3, -0.25) is 9.59 Å². The van der Waals surface area contributed by atoms with Crippen LogP contribution in [-0.2, 0) is 9.53 Å². The summed E-state index contributed by atoms with van der Waals surface area (Å²) < 4.78 is 9.10. The van der Waals surface area contributed by atoms with E-state index >= 15 is 0 Å². The van der Waals surface area contributed by atoms with E-state index < -0.39 is 5.97 Å². The second kappa shape index (κ2) is 5.89. The number of amides is 1. The van der Waals surface area contributed by atoms with Crippen LogP contribution in [-0.4, -0.2) is 42.1 Å². The largest absolute Gasteiger partial charge is 0.468 e. The van der Waals surface area contributed by atoms with Crippen LogP contribution in [0.4, 0.5) is 0 Å². The molecular formula is C10H14N2O4. The highest BCUT2D eigenvalue weighted by molar-refractivity contribution is 5.94. The van der Waals surface area contributed by atoms with E-state index in [-0.39, 0.29) is 18.1 Å². The van der Waals surface area contributed by atoms with Gasteiger partial charge in [0.2, 0.25) is 0 Å². The van der Waals surface area contributed by atoms with Crippen molar-refractivity contribution in [2.75, 3.05) is 20.2 Å². The highest BCUT2D eigenvalue weighted by Gasteiger charge is 2.20. The number of rotatable bonds is 5. The molecular weight excluding hydrogens is 212 g/mol. The molecule has 0 spiro atoms. The highest BCUT2D eigenvalue weighted by Crippen LogP contribution is 2.03. The standard InChI is InChI=1S/C10H14N2O4/c1-3-5-12(7-9(13)15-2)10(14)8-4-6-16-11-8/h4,6H,3,5,7H2,1-2H3. The minimum atomic E-state index is -0.453. The fourth-order valence-electron chi connectivity index (χ4n) is 1.23. The Kier molecular flexibility index (Phi) is 4.50. The molecule has 1 aromatic heterocycles. The molecule has 1 amide bonds. The Morgan fingerprint density at radius 1 is 1.56 bits per heavy atom. The van der Waals surface area contributed by atoms with Crippen molar-refractivity contribution in [3.05, 3.63) is 18.0 Å². The lowest BCUT2D eigenvalue weighted by molar-refractivity contribution is -0.141. The maximum absolute atomic E-state index is 11.8. The zero-order chi connectivity index (χ0) is 12.0. The number of hydrogen-bond donors (Lipinski definition) is 0. The first-order chi connectivity index (χ1) is 7.69. The summed E-state index contributed by atoms with van der Waals surface area (Å²) in [4.78, 5) is 24.3. The maximum atomic E-state index is 11.8. The van der Waals surface area contributed by atoms with Crippen LogP contribution < -0.4 is 0 Å². The lowest BCUT2D eigenvalue weighted by Gasteiger charge is -2.19. The van der Waals surface area contributed by atoms with Gasteiger partial charge in [0.05, 0.1) is 7.11 Å². The lowest BCUT2D eigenvalue weighted by atomic mass is 10.3. The fraction of sp³-hybridized carbons (Fsp3) is 0.500. The van der Waals surface area contributed by atoms with Gasteiger partial charge in [0.25, 0.3) is 5.91 Å². The van der Waals surface area contributed by atoms with Crippen molar-refractivity contribution in [2.24, 2.45) is 0 Å². The van der Waals surface area contributed by atoms with E-state index in [4.69, 9.17) is 0 Å². The molecule has 0 aliphatic rings. The Hall–Kier alpha value is -1.85. The van der Waals surface area contributed by atoms with Crippen molar-refractivity contribution < 1.29 is 18.8 Å². The van der Waals surface area contributed by atoms with Crippen molar-refractivity contribution in [1.82, 2.24) is 10.1 Å². The summed E-state index contributed by atoms with van der Waals surface area (Å²) in [6, 6.07) is 1.46. The predicted molar refractivity (Wildman–Crippen MR) is 54.7 cm³/mol.